The SMILES string of the molecule is CCc1ccc([C@H](N=C2NC(=O)[C@H](CC(=O)Nc3cccc(Cl)c3)S2)c2c(O)[nH]c(=O)[nH]c2=O)cc1. The first-order valence-electron chi connectivity index (χ1n) is 11.0. The maximum atomic E-state index is 12.6. The lowest BCUT2D eigenvalue weighted by atomic mass is 9.99. The summed E-state index contributed by atoms with van der Waals surface area (Å²) < 4.78 is 0. The first kappa shape index (κ1) is 25.3. The molecule has 2 heterocycles. The second kappa shape index (κ2) is 10.8. The van der Waals surface area contributed by atoms with E-state index in [-0.39, 0.29) is 23.1 Å². The van der Waals surface area contributed by atoms with Crippen LogP contribution in [0, 0.1) is 0 Å². The minimum Gasteiger partial charge on any atom is -0.494 e. The zero-order chi connectivity index (χ0) is 25.8. The second-order valence-electron chi connectivity index (χ2n) is 7.96. The lowest BCUT2D eigenvalue weighted by Crippen LogP contribution is -2.29. The van der Waals surface area contributed by atoms with Gasteiger partial charge in [-0.2, -0.15) is 0 Å². The highest BCUT2D eigenvalue weighted by Crippen LogP contribution is 2.32. The van der Waals surface area contributed by atoms with Gasteiger partial charge in [0.05, 0.1) is 0 Å². The largest absolute Gasteiger partial charge is 0.494 e. The number of nitrogens with zero attached hydrogens (tertiary/aromatic N) is 1. The minimum atomic E-state index is -1.03. The third kappa shape index (κ3) is 5.86. The molecule has 0 aliphatic carbocycles. The van der Waals surface area contributed by atoms with Gasteiger partial charge in [-0.3, -0.25) is 24.4 Å². The van der Waals surface area contributed by atoms with Crippen molar-refractivity contribution in [3.63, 3.8) is 0 Å². The Hall–Kier alpha value is -3.83. The molecule has 1 saturated heterocycles. The molecule has 186 valence electrons. The number of aromatic nitrogens is 2. The van der Waals surface area contributed by atoms with Gasteiger partial charge in [-0.25, -0.2) is 9.79 Å². The highest BCUT2D eigenvalue weighted by molar-refractivity contribution is 8.15. The van der Waals surface area contributed by atoms with Crippen LogP contribution < -0.4 is 21.9 Å². The Balaban J connectivity index is 1.60. The zero-order valence-electron chi connectivity index (χ0n) is 19.0. The van der Waals surface area contributed by atoms with Crippen LogP contribution in [-0.2, 0) is 16.0 Å². The molecule has 2 amide bonds. The first-order chi connectivity index (χ1) is 17.2. The molecule has 0 radical (unpaired) electrons. The van der Waals surface area contributed by atoms with Crippen LogP contribution >= 0.6 is 23.4 Å². The van der Waals surface area contributed by atoms with Gasteiger partial charge in [0, 0.05) is 17.1 Å². The molecule has 5 N–H and O–H groups in total. The van der Waals surface area contributed by atoms with Crippen LogP contribution in [0.5, 0.6) is 5.88 Å². The summed E-state index contributed by atoms with van der Waals surface area (Å²) in [5.74, 6) is -1.42. The molecule has 3 aromatic rings. The van der Waals surface area contributed by atoms with Gasteiger partial charge in [0.25, 0.3) is 5.56 Å². The van der Waals surface area contributed by atoms with E-state index in [1.165, 1.54) is 0 Å². The van der Waals surface area contributed by atoms with E-state index in [0.29, 0.717) is 16.3 Å². The number of rotatable bonds is 7. The smallest absolute Gasteiger partial charge is 0.328 e. The van der Waals surface area contributed by atoms with Crippen LogP contribution in [0.25, 0.3) is 0 Å². The third-order valence-corrected chi connectivity index (χ3v) is 6.77. The molecule has 0 saturated carbocycles. The van der Waals surface area contributed by atoms with E-state index in [1.54, 1.807) is 36.4 Å². The van der Waals surface area contributed by atoms with Crippen LogP contribution in [0.4, 0.5) is 5.69 Å². The number of carbonyl (C=O) groups is 2. The van der Waals surface area contributed by atoms with Gasteiger partial charge < -0.3 is 15.7 Å². The molecule has 0 unspecified atom stereocenters. The number of carbonyl (C=O) groups excluding carboxylic acids is 2. The number of H-pyrrole nitrogens is 2. The van der Waals surface area contributed by atoms with E-state index in [2.05, 4.69) is 25.6 Å². The number of aromatic amines is 2. The lowest BCUT2D eigenvalue weighted by Gasteiger charge is -2.15. The highest BCUT2D eigenvalue weighted by Gasteiger charge is 2.33. The van der Waals surface area contributed by atoms with Gasteiger partial charge in [0.1, 0.15) is 16.9 Å². The number of halogens is 1. The van der Waals surface area contributed by atoms with E-state index in [0.717, 1.165) is 23.7 Å². The number of benzene rings is 2. The Bertz CT molecular complexity index is 1450. The maximum Gasteiger partial charge on any atom is 0.328 e. The summed E-state index contributed by atoms with van der Waals surface area (Å²) in [7, 11) is 0. The van der Waals surface area contributed by atoms with Crippen molar-refractivity contribution in [2.24, 2.45) is 4.99 Å². The van der Waals surface area contributed by atoms with E-state index in [1.807, 2.05) is 19.1 Å². The Kier molecular flexibility index (Phi) is 7.61. The Morgan fingerprint density at radius 2 is 1.92 bits per heavy atom. The Labute approximate surface area is 214 Å². The molecule has 2 atom stereocenters. The van der Waals surface area contributed by atoms with Gasteiger partial charge in [0.15, 0.2) is 5.17 Å². The lowest BCUT2D eigenvalue weighted by molar-refractivity contribution is -0.122. The number of amidine groups is 1. The monoisotopic (exact) mass is 527 g/mol. The molecule has 1 fully saturated rings. The molecule has 1 aliphatic heterocycles. The summed E-state index contributed by atoms with van der Waals surface area (Å²) in [4.78, 5) is 58.0. The summed E-state index contributed by atoms with van der Waals surface area (Å²) in [6, 6.07) is 12.9. The number of anilines is 1. The number of hydrogen-bond acceptors (Lipinski definition) is 7. The van der Waals surface area contributed by atoms with E-state index >= 15 is 0 Å². The molecule has 1 aliphatic rings. The van der Waals surface area contributed by atoms with Crippen LogP contribution in [0.1, 0.15) is 36.1 Å². The molecule has 12 heteroatoms. The van der Waals surface area contributed by atoms with Crippen molar-refractivity contribution in [1.82, 2.24) is 15.3 Å². The number of aromatic hydroxyl groups is 1. The summed E-state index contributed by atoms with van der Waals surface area (Å²) in [5, 5.41) is 15.6. The third-order valence-electron chi connectivity index (χ3n) is 5.44. The first-order valence-corrected chi connectivity index (χ1v) is 12.2. The van der Waals surface area contributed by atoms with Gasteiger partial charge in [0.2, 0.25) is 17.7 Å². The van der Waals surface area contributed by atoms with Crippen molar-refractivity contribution < 1.29 is 14.7 Å². The van der Waals surface area contributed by atoms with E-state index in [9.17, 15) is 24.3 Å². The van der Waals surface area contributed by atoms with Crippen LogP contribution in [0.2, 0.25) is 5.02 Å². The molecule has 0 spiro atoms. The number of aryl methyl sites for hydroxylation is 1. The van der Waals surface area contributed by atoms with Gasteiger partial charge in [-0.15, -0.1) is 0 Å². The van der Waals surface area contributed by atoms with Crippen molar-refractivity contribution in [3.05, 3.63) is 91.1 Å². The predicted octanol–water partition coefficient (Wildman–Crippen LogP) is 2.69. The predicted molar refractivity (Wildman–Crippen MR) is 139 cm³/mol. The molecule has 36 heavy (non-hydrogen) atoms. The standard InChI is InChI=1S/C24H22ClN5O5S/c1-2-12-6-8-13(9-7-12)19(18-21(33)28-23(35)29-22(18)34)27-24-30-20(32)16(36-24)11-17(31)26-15-5-3-4-14(25)10-15/h3-10,16,19H,2,11H2,1H3,(H,26,31)(H,27,30,32)(H3,28,29,33,34,35)/t16-,19-/m0/s1. The number of thioether (sulfide) groups is 1. The van der Waals surface area contributed by atoms with Gasteiger partial charge >= 0.3 is 5.69 Å². The number of nitrogens with one attached hydrogen (secondary N) is 4. The molecule has 0 bridgehead atoms. The second-order valence-corrected chi connectivity index (χ2v) is 9.59. The zero-order valence-corrected chi connectivity index (χ0v) is 20.6. The molecule has 10 nitrogen and oxygen atoms in total. The summed E-state index contributed by atoms with van der Waals surface area (Å²) in [6.45, 7) is 2.00. The van der Waals surface area contributed by atoms with Crippen molar-refractivity contribution in [1.29, 1.82) is 0 Å². The average Bonchev–Trinajstić information content (AvgIpc) is 3.16. The minimum absolute atomic E-state index is 0.123. The number of hydrogen-bond donors (Lipinski definition) is 5. The van der Waals surface area contributed by atoms with E-state index < -0.39 is 34.3 Å². The topological polar surface area (TPSA) is 157 Å². The van der Waals surface area contributed by atoms with Gasteiger partial charge in [-0.05, 0) is 35.7 Å². The number of amides is 2. The Morgan fingerprint density at radius 3 is 2.58 bits per heavy atom. The summed E-state index contributed by atoms with van der Waals surface area (Å²) >= 11 is 6.98. The fourth-order valence-corrected chi connectivity index (χ4v) is 4.83. The van der Waals surface area contributed by atoms with Crippen LogP contribution in [-0.4, -0.2) is 37.3 Å². The summed E-state index contributed by atoms with van der Waals surface area (Å²) in [5.41, 5.74) is 0.278. The average molecular weight is 528 g/mol. The Morgan fingerprint density at radius 1 is 1.17 bits per heavy atom. The van der Waals surface area contributed by atoms with Crippen LogP contribution in [0.15, 0.2) is 63.1 Å². The number of aliphatic imine (C=N–C) groups is 1. The molecular formula is C24H22ClN5O5S. The van der Waals surface area contributed by atoms with Crippen LogP contribution in [0.3, 0.4) is 0 Å². The van der Waals surface area contributed by atoms with Crippen molar-refractivity contribution in [2.45, 2.75) is 31.1 Å². The molecule has 2 aromatic carbocycles. The molecule has 4 rings (SSSR count). The van der Waals surface area contributed by atoms with Crippen molar-refractivity contribution in [3.8, 4) is 5.88 Å². The summed E-state index contributed by atoms with van der Waals surface area (Å²) in [6.07, 6.45) is 0.678. The normalized spacial score (nSPS) is 17.1. The highest BCUT2D eigenvalue weighted by atomic mass is 35.5. The fraction of sp³-hybridized carbons (Fsp3) is 0.208. The fourth-order valence-electron chi connectivity index (χ4n) is 3.64. The quantitative estimate of drug-likeness (QED) is 0.318. The van der Waals surface area contributed by atoms with E-state index in [4.69, 9.17) is 11.6 Å². The molecule has 1 aromatic heterocycles. The van der Waals surface area contributed by atoms with Gasteiger partial charge in [-0.1, -0.05) is 60.6 Å². The van der Waals surface area contributed by atoms with Crippen molar-refractivity contribution >= 4 is 46.0 Å². The maximum absolute atomic E-state index is 12.6. The molecular weight excluding hydrogens is 506 g/mol. The van der Waals surface area contributed by atoms with Crippen molar-refractivity contribution in [2.75, 3.05) is 5.32 Å².